The summed E-state index contributed by atoms with van der Waals surface area (Å²) in [5, 5.41) is 26.1. The summed E-state index contributed by atoms with van der Waals surface area (Å²) in [7, 11) is 0. The van der Waals surface area contributed by atoms with Crippen molar-refractivity contribution in [1.29, 1.82) is 0 Å². The predicted molar refractivity (Wildman–Crippen MR) is 152 cm³/mol. The Kier molecular flexibility index (Phi) is 8.46. The van der Waals surface area contributed by atoms with Gasteiger partial charge in [-0.1, -0.05) is 37.1 Å². The molecule has 5 aliphatic carbocycles. The average molecular weight is 568 g/mol. The Balaban J connectivity index is 1.14. The highest BCUT2D eigenvalue weighted by Gasteiger charge is 2.68. The van der Waals surface area contributed by atoms with Gasteiger partial charge in [-0.2, -0.15) is 0 Å². The molecule has 0 aromatic carbocycles. The number of amides is 1. The van der Waals surface area contributed by atoms with Crippen LogP contribution in [0.25, 0.3) is 0 Å². The summed E-state index contributed by atoms with van der Waals surface area (Å²) in [6.07, 6.45) is 14.7. The van der Waals surface area contributed by atoms with Gasteiger partial charge < -0.3 is 20.3 Å². The van der Waals surface area contributed by atoms with E-state index in [1.54, 1.807) is 12.2 Å². The van der Waals surface area contributed by atoms with Crippen molar-refractivity contribution in [2.75, 3.05) is 13.2 Å². The first kappa shape index (κ1) is 29.9. The molecule has 5 rings (SSSR count). The van der Waals surface area contributed by atoms with E-state index in [4.69, 9.17) is 4.74 Å². The maximum Gasteiger partial charge on any atom is 0.306 e. The van der Waals surface area contributed by atoms with Gasteiger partial charge in [0.1, 0.15) is 5.60 Å². The van der Waals surface area contributed by atoms with Crippen LogP contribution in [-0.4, -0.2) is 58.5 Å². The molecular weight excluding hydrogens is 522 g/mol. The van der Waals surface area contributed by atoms with Gasteiger partial charge in [0.05, 0.1) is 12.5 Å². The standard InChI is InChI=1S/C33H45NO7/c1-31-15-12-23(35)18-22(31)8-9-24-25-13-16-33(40,32(25,2)19-26(36)30(24)31)27(37)20-41-29(39)11-10-28(38)34-17-14-21-6-4-3-5-7-21/h6,12,15,18,24-26,30,36,40H,3-5,7-11,13-14,16-17,19-20H2,1-2H3,(H,34,38)/t24-,25+,26+,30-,31+,32+,33+/m1/s1. The van der Waals surface area contributed by atoms with Gasteiger partial charge in [-0.25, -0.2) is 0 Å². The second-order valence-corrected chi connectivity index (χ2v) is 13.4. The molecule has 5 aliphatic rings. The number of carbonyl (C=O) groups excluding carboxylic acids is 4. The van der Waals surface area contributed by atoms with Crippen LogP contribution in [0.2, 0.25) is 0 Å². The third-order valence-corrected chi connectivity index (χ3v) is 11.2. The lowest BCUT2D eigenvalue weighted by molar-refractivity contribution is -0.181. The molecule has 8 heteroatoms. The van der Waals surface area contributed by atoms with Crippen LogP contribution in [0.3, 0.4) is 0 Å². The molecule has 0 aromatic rings. The topological polar surface area (TPSA) is 130 Å². The zero-order chi connectivity index (χ0) is 29.4. The maximum atomic E-state index is 13.4. The van der Waals surface area contributed by atoms with Crippen LogP contribution in [0.4, 0.5) is 0 Å². The van der Waals surface area contributed by atoms with Gasteiger partial charge >= 0.3 is 5.97 Å². The Morgan fingerprint density at radius 2 is 1.93 bits per heavy atom. The fourth-order valence-electron chi connectivity index (χ4n) is 8.92. The molecule has 41 heavy (non-hydrogen) atoms. The number of rotatable bonds is 9. The molecule has 0 spiro atoms. The number of nitrogens with one attached hydrogen (secondary N) is 1. The molecule has 0 aromatic heterocycles. The van der Waals surface area contributed by atoms with Crippen LogP contribution in [0.1, 0.15) is 90.9 Å². The number of allylic oxidation sites excluding steroid dienone is 5. The van der Waals surface area contributed by atoms with E-state index in [1.807, 2.05) is 13.0 Å². The quantitative estimate of drug-likeness (QED) is 0.285. The van der Waals surface area contributed by atoms with Gasteiger partial charge in [0, 0.05) is 29.7 Å². The Bertz CT molecular complexity index is 1190. The second kappa shape index (κ2) is 11.6. The van der Waals surface area contributed by atoms with Crippen LogP contribution in [-0.2, 0) is 23.9 Å². The van der Waals surface area contributed by atoms with Gasteiger partial charge in [0.25, 0.3) is 0 Å². The van der Waals surface area contributed by atoms with Crippen LogP contribution in [0.15, 0.2) is 35.5 Å². The van der Waals surface area contributed by atoms with Crippen molar-refractivity contribution in [3.63, 3.8) is 0 Å². The Labute approximate surface area is 242 Å². The molecule has 0 heterocycles. The van der Waals surface area contributed by atoms with E-state index >= 15 is 0 Å². The van der Waals surface area contributed by atoms with E-state index in [-0.39, 0.29) is 55.1 Å². The van der Waals surface area contributed by atoms with E-state index in [2.05, 4.69) is 18.3 Å². The van der Waals surface area contributed by atoms with E-state index in [0.717, 1.165) is 37.7 Å². The molecule has 0 unspecified atom stereocenters. The van der Waals surface area contributed by atoms with Crippen molar-refractivity contribution in [2.24, 2.45) is 28.6 Å². The molecule has 224 valence electrons. The molecule has 3 saturated carbocycles. The Hall–Kier alpha value is -2.58. The highest BCUT2D eigenvalue weighted by atomic mass is 16.5. The monoisotopic (exact) mass is 567 g/mol. The molecule has 0 radical (unpaired) electrons. The number of esters is 1. The number of fused-ring (bicyclic) bond motifs is 5. The number of ether oxygens (including phenoxy) is 1. The van der Waals surface area contributed by atoms with Crippen LogP contribution in [0, 0.1) is 28.6 Å². The number of aliphatic hydroxyl groups excluding tert-OH is 1. The molecule has 1 amide bonds. The largest absolute Gasteiger partial charge is 0.458 e. The van der Waals surface area contributed by atoms with Crippen molar-refractivity contribution < 1.29 is 34.1 Å². The summed E-state index contributed by atoms with van der Waals surface area (Å²) in [6, 6.07) is 0. The maximum absolute atomic E-state index is 13.4. The highest BCUT2D eigenvalue weighted by molar-refractivity contribution is 6.01. The summed E-state index contributed by atoms with van der Waals surface area (Å²) < 4.78 is 5.24. The molecule has 0 aliphatic heterocycles. The van der Waals surface area contributed by atoms with E-state index in [0.29, 0.717) is 13.0 Å². The van der Waals surface area contributed by atoms with Crippen LogP contribution in [0.5, 0.6) is 0 Å². The first-order valence-corrected chi connectivity index (χ1v) is 15.5. The third-order valence-electron chi connectivity index (χ3n) is 11.2. The van der Waals surface area contributed by atoms with E-state index in [1.165, 1.54) is 18.4 Å². The van der Waals surface area contributed by atoms with Crippen molar-refractivity contribution >= 4 is 23.4 Å². The van der Waals surface area contributed by atoms with Gasteiger partial charge in [0.15, 0.2) is 12.4 Å². The number of Topliss-reactive ketones (excluding diaryl/α,β-unsaturated/α-hetero) is 1. The minimum atomic E-state index is -1.70. The molecule has 8 nitrogen and oxygen atoms in total. The summed E-state index contributed by atoms with van der Waals surface area (Å²) in [5.41, 5.74) is -0.545. The SMILES string of the molecule is C[C@]12C=CC(=O)C=C1CC[C@H]1[C@@H]2[C@@H](O)C[C@@]2(C)[C@H]1CC[C@]2(O)C(=O)COC(=O)CCC(=O)NCCC1=CCCCC1. The molecule has 3 fully saturated rings. The fourth-order valence-corrected chi connectivity index (χ4v) is 8.92. The van der Waals surface area contributed by atoms with Gasteiger partial charge in [-0.3, -0.25) is 19.2 Å². The molecule has 0 bridgehead atoms. The van der Waals surface area contributed by atoms with Crippen molar-refractivity contribution in [3.8, 4) is 0 Å². The van der Waals surface area contributed by atoms with Crippen LogP contribution < -0.4 is 5.32 Å². The summed E-state index contributed by atoms with van der Waals surface area (Å²) in [4.78, 5) is 50.0. The summed E-state index contributed by atoms with van der Waals surface area (Å²) in [6.45, 7) is 3.98. The minimum absolute atomic E-state index is 0.0133. The number of carbonyl (C=O) groups is 4. The lowest BCUT2D eigenvalue weighted by Crippen LogP contribution is -2.61. The molecule has 0 saturated heterocycles. The number of hydrogen-bond acceptors (Lipinski definition) is 7. The normalized spacial score (nSPS) is 37.7. The van der Waals surface area contributed by atoms with E-state index in [9.17, 15) is 29.4 Å². The Morgan fingerprint density at radius 3 is 2.68 bits per heavy atom. The first-order chi connectivity index (χ1) is 19.5. The van der Waals surface area contributed by atoms with Crippen molar-refractivity contribution in [3.05, 3.63) is 35.5 Å². The average Bonchev–Trinajstić information content (AvgIpc) is 3.22. The first-order valence-electron chi connectivity index (χ1n) is 15.5. The van der Waals surface area contributed by atoms with E-state index < -0.39 is 40.9 Å². The van der Waals surface area contributed by atoms with Gasteiger partial charge in [-0.05, 0) is 88.2 Å². The molecule has 7 atom stereocenters. The summed E-state index contributed by atoms with van der Waals surface area (Å²) >= 11 is 0. The number of ketones is 2. The lowest BCUT2D eigenvalue weighted by Gasteiger charge is -2.59. The zero-order valence-electron chi connectivity index (χ0n) is 24.5. The second-order valence-electron chi connectivity index (χ2n) is 13.4. The number of aliphatic hydroxyl groups is 2. The molecular formula is C33H45NO7. The smallest absolute Gasteiger partial charge is 0.306 e. The fraction of sp³-hybridized carbons (Fsp3) is 0.697. The van der Waals surface area contributed by atoms with Crippen molar-refractivity contribution in [2.45, 2.75) is 103 Å². The van der Waals surface area contributed by atoms with Crippen LogP contribution >= 0.6 is 0 Å². The van der Waals surface area contributed by atoms with Crippen molar-refractivity contribution in [1.82, 2.24) is 5.32 Å². The molecule has 3 N–H and O–H groups in total. The number of hydrogen-bond donors (Lipinski definition) is 3. The zero-order valence-corrected chi connectivity index (χ0v) is 24.5. The predicted octanol–water partition coefficient (Wildman–Crippen LogP) is 3.90. The minimum Gasteiger partial charge on any atom is -0.458 e. The lowest BCUT2D eigenvalue weighted by atomic mass is 9.46. The highest BCUT2D eigenvalue weighted by Crippen LogP contribution is 2.67. The van der Waals surface area contributed by atoms with Gasteiger partial charge in [0.2, 0.25) is 11.7 Å². The van der Waals surface area contributed by atoms with Gasteiger partial charge in [-0.15, -0.1) is 0 Å². The Morgan fingerprint density at radius 1 is 1.12 bits per heavy atom. The summed E-state index contributed by atoms with van der Waals surface area (Å²) in [5.74, 6) is -1.40. The third kappa shape index (κ3) is 5.50.